The van der Waals surface area contributed by atoms with E-state index in [2.05, 4.69) is 33.6 Å². The number of nitrogens with zero attached hydrogens (tertiary/aromatic N) is 2. The minimum atomic E-state index is -0.466. The molecule has 0 bridgehead atoms. The van der Waals surface area contributed by atoms with Crippen LogP contribution in [0.25, 0.3) is 10.2 Å². The van der Waals surface area contributed by atoms with Crippen LogP contribution in [-0.4, -0.2) is 28.5 Å². The molecule has 2 aromatic rings. The Morgan fingerprint density at radius 3 is 2.71 bits per heavy atom. The number of nitrogens with one attached hydrogen (secondary N) is 2. The molecule has 7 heteroatoms. The van der Waals surface area contributed by atoms with Gasteiger partial charge in [-0.25, -0.2) is 4.98 Å². The monoisotopic (exact) mass is 307 g/mol. The first kappa shape index (κ1) is 15.5. The number of fused-ring (bicyclic) bond motifs is 1. The molecule has 0 aliphatic heterocycles. The van der Waals surface area contributed by atoms with E-state index in [1.54, 1.807) is 18.4 Å². The Labute approximate surface area is 128 Å². The number of rotatable bonds is 6. The third-order valence-corrected chi connectivity index (χ3v) is 4.26. The van der Waals surface area contributed by atoms with Gasteiger partial charge < -0.3 is 16.4 Å². The van der Waals surface area contributed by atoms with Crippen molar-refractivity contribution in [1.29, 1.82) is 0 Å². The van der Waals surface area contributed by atoms with E-state index < -0.39 is 5.54 Å². The lowest BCUT2D eigenvalue weighted by atomic mass is 10.0. The maximum atomic E-state index is 11.2. The molecule has 114 valence electrons. The molecule has 2 aromatic heterocycles. The largest absolute Gasteiger partial charge is 0.370 e. The molecule has 2 heterocycles. The van der Waals surface area contributed by atoms with Crippen molar-refractivity contribution in [3.05, 3.63) is 10.9 Å². The highest BCUT2D eigenvalue weighted by Crippen LogP contribution is 2.32. The van der Waals surface area contributed by atoms with E-state index in [9.17, 15) is 4.79 Å². The van der Waals surface area contributed by atoms with Crippen LogP contribution in [0.5, 0.6) is 0 Å². The smallest absolute Gasteiger partial charge is 0.225 e. The number of hydrogen-bond donors (Lipinski definition) is 3. The van der Waals surface area contributed by atoms with Gasteiger partial charge in [-0.2, -0.15) is 4.98 Å². The van der Waals surface area contributed by atoms with Crippen molar-refractivity contribution in [2.45, 2.75) is 39.2 Å². The summed E-state index contributed by atoms with van der Waals surface area (Å²) in [6.45, 7) is 5.97. The summed E-state index contributed by atoms with van der Waals surface area (Å²) in [6, 6.07) is 2.10. The normalized spacial score (nSPS) is 11.6. The Morgan fingerprint density at radius 1 is 1.43 bits per heavy atom. The molecule has 0 radical (unpaired) electrons. The fourth-order valence-corrected chi connectivity index (χ4v) is 3.12. The summed E-state index contributed by atoms with van der Waals surface area (Å²) >= 11 is 1.66. The average Bonchev–Trinajstić information content (AvgIpc) is 2.79. The first-order chi connectivity index (χ1) is 9.84. The van der Waals surface area contributed by atoms with Crippen molar-refractivity contribution in [2.75, 3.05) is 17.7 Å². The first-order valence-corrected chi connectivity index (χ1v) is 7.71. The molecule has 2 rings (SSSR count). The number of aromatic nitrogens is 2. The van der Waals surface area contributed by atoms with E-state index in [1.165, 1.54) is 4.88 Å². The second kappa shape index (κ2) is 5.85. The zero-order valence-corrected chi connectivity index (χ0v) is 13.6. The summed E-state index contributed by atoms with van der Waals surface area (Å²) in [5.41, 5.74) is 4.84. The van der Waals surface area contributed by atoms with Gasteiger partial charge in [0.15, 0.2) is 0 Å². The van der Waals surface area contributed by atoms with Crippen LogP contribution in [0.4, 0.5) is 11.8 Å². The van der Waals surface area contributed by atoms with E-state index in [0.717, 1.165) is 22.5 Å². The highest BCUT2D eigenvalue weighted by molar-refractivity contribution is 7.18. The minimum absolute atomic E-state index is 0.234. The Morgan fingerprint density at radius 2 is 2.14 bits per heavy atom. The minimum Gasteiger partial charge on any atom is -0.370 e. The lowest BCUT2D eigenvalue weighted by Gasteiger charge is -2.25. The number of hydrogen-bond acceptors (Lipinski definition) is 6. The van der Waals surface area contributed by atoms with Gasteiger partial charge in [-0.15, -0.1) is 11.3 Å². The second-order valence-corrected chi connectivity index (χ2v) is 6.70. The topological polar surface area (TPSA) is 92.9 Å². The van der Waals surface area contributed by atoms with Crippen molar-refractivity contribution in [3.8, 4) is 0 Å². The van der Waals surface area contributed by atoms with Gasteiger partial charge in [0, 0.05) is 23.9 Å². The van der Waals surface area contributed by atoms with Crippen LogP contribution in [0.3, 0.4) is 0 Å². The summed E-state index contributed by atoms with van der Waals surface area (Å²) in [6.07, 6.45) is 1.19. The standard InChI is InChI=1S/C14H21N5OS/c1-5-8-6-9-11(19-14(2,3)7-10(15)20)17-13(16-4)18-12(9)21-8/h6H,5,7H2,1-4H3,(H2,15,20)(H2,16,17,18,19). The molecule has 0 saturated heterocycles. The number of thiophene rings is 1. The summed E-state index contributed by atoms with van der Waals surface area (Å²) in [5.74, 6) is 0.946. The van der Waals surface area contributed by atoms with Crippen molar-refractivity contribution in [2.24, 2.45) is 5.73 Å². The van der Waals surface area contributed by atoms with Gasteiger partial charge >= 0.3 is 0 Å². The lowest BCUT2D eigenvalue weighted by Crippen LogP contribution is -2.36. The molecule has 0 saturated carbocycles. The Bertz CT molecular complexity index is 665. The van der Waals surface area contributed by atoms with Crippen LogP contribution in [0.15, 0.2) is 6.07 Å². The van der Waals surface area contributed by atoms with Gasteiger partial charge in [0.05, 0.1) is 5.39 Å². The number of amides is 1. The Kier molecular flexibility index (Phi) is 4.32. The molecule has 1 amide bonds. The van der Waals surface area contributed by atoms with E-state index in [1.807, 2.05) is 13.8 Å². The number of nitrogens with two attached hydrogens (primary N) is 1. The predicted molar refractivity (Wildman–Crippen MR) is 87.9 cm³/mol. The van der Waals surface area contributed by atoms with Crippen LogP contribution in [0.1, 0.15) is 32.1 Å². The van der Waals surface area contributed by atoms with Crippen molar-refractivity contribution < 1.29 is 4.79 Å². The van der Waals surface area contributed by atoms with E-state index >= 15 is 0 Å². The quantitative estimate of drug-likeness (QED) is 0.762. The summed E-state index contributed by atoms with van der Waals surface area (Å²) < 4.78 is 0. The van der Waals surface area contributed by atoms with Gasteiger partial charge in [-0.3, -0.25) is 4.79 Å². The summed E-state index contributed by atoms with van der Waals surface area (Å²) in [5, 5.41) is 7.27. The molecule has 0 aromatic carbocycles. The fourth-order valence-electron chi connectivity index (χ4n) is 2.15. The maximum Gasteiger partial charge on any atom is 0.225 e. The number of primary amides is 1. The molecule has 0 unspecified atom stereocenters. The molecular formula is C14H21N5OS. The molecule has 21 heavy (non-hydrogen) atoms. The number of carbonyl (C=O) groups is 1. The van der Waals surface area contributed by atoms with Gasteiger partial charge in [0.2, 0.25) is 11.9 Å². The van der Waals surface area contributed by atoms with Crippen LogP contribution < -0.4 is 16.4 Å². The van der Waals surface area contributed by atoms with Crippen LogP contribution in [0.2, 0.25) is 0 Å². The summed E-state index contributed by atoms with van der Waals surface area (Å²) in [4.78, 5) is 22.3. The van der Waals surface area contributed by atoms with Crippen molar-refractivity contribution in [3.63, 3.8) is 0 Å². The number of aryl methyl sites for hydroxylation is 1. The Balaban J connectivity index is 2.45. The zero-order valence-electron chi connectivity index (χ0n) is 12.8. The van der Waals surface area contributed by atoms with Crippen LogP contribution in [-0.2, 0) is 11.2 Å². The van der Waals surface area contributed by atoms with Gasteiger partial charge in [-0.05, 0) is 26.3 Å². The molecule has 0 aliphatic carbocycles. The second-order valence-electron chi connectivity index (χ2n) is 5.58. The average molecular weight is 307 g/mol. The van der Waals surface area contributed by atoms with Gasteiger partial charge in [-0.1, -0.05) is 6.92 Å². The molecule has 6 nitrogen and oxygen atoms in total. The highest BCUT2D eigenvalue weighted by atomic mass is 32.1. The van der Waals surface area contributed by atoms with E-state index in [4.69, 9.17) is 5.73 Å². The zero-order chi connectivity index (χ0) is 15.6. The maximum absolute atomic E-state index is 11.2. The van der Waals surface area contributed by atoms with Crippen molar-refractivity contribution >= 4 is 39.2 Å². The van der Waals surface area contributed by atoms with Gasteiger partial charge in [0.1, 0.15) is 10.6 Å². The van der Waals surface area contributed by atoms with Crippen LogP contribution >= 0.6 is 11.3 Å². The molecule has 0 spiro atoms. The number of carbonyl (C=O) groups excluding carboxylic acids is 1. The third-order valence-electron chi connectivity index (χ3n) is 3.09. The van der Waals surface area contributed by atoms with Gasteiger partial charge in [0.25, 0.3) is 0 Å². The molecule has 0 aliphatic rings. The SMILES string of the molecule is CCc1cc2c(NC(C)(C)CC(N)=O)nc(NC)nc2s1. The molecule has 0 fully saturated rings. The van der Waals surface area contributed by atoms with Crippen LogP contribution in [0, 0.1) is 0 Å². The number of anilines is 2. The third kappa shape index (κ3) is 3.60. The Hall–Kier alpha value is -1.89. The molecular weight excluding hydrogens is 286 g/mol. The predicted octanol–water partition coefficient (Wildman–Crippen LogP) is 2.36. The highest BCUT2D eigenvalue weighted by Gasteiger charge is 2.23. The summed E-state index contributed by atoms with van der Waals surface area (Å²) in [7, 11) is 1.79. The van der Waals surface area contributed by atoms with E-state index in [0.29, 0.717) is 5.95 Å². The molecule has 0 atom stereocenters. The first-order valence-electron chi connectivity index (χ1n) is 6.89. The fraction of sp³-hybridized carbons (Fsp3) is 0.500. The van der Waals surface area contributed by atoms with Crippen molar-refractivity contribution in [1.82, 2.24) is 9.97 Å². The van der Waals surface area contributed by atoms with E-state index in [-0.39, 0.29) is 12.3 Å². The molecule has 4 N–H and O–H groups in total. The lowest BCUT2D eigenvalue weighted by molar-refractivity contribution is -0.118.